The Hall–Kier alpha value is -0.970. The summed E-state index contributed by atoms with van der Waals surface area (Å²) in [7, 11) is 3.91. The average Bonchev–Trinajstić information content (AvgIpc) is 2.18. The smallest absolute Gasteiger partial charge is 0.123 e. The minimum Gasteiger partial charge on any atom is -0.307 e. The van der Waals surface area contributed by atoms with E-state index in [0.29, 0.717) is 0 Å². The highest BCUT2D eigenvalue weighted by Gasteiger charge is 2.13. The summed E-state index contributed by atoms with van der Waals surface area (Å²) in [6.45, 7) is 2.69. The monoisotopic (exact) mass is 211 g/mol. The Labute approximate surface area is 90.0 Å². The van der Waals surface area contributed by atoms with E-state index in [1.54, 1.807) is 6.07 Å². The molecule has 0 heterocycles. The molecule has 84 valence electrons. The Morgan fingerprint density at radius 2 is 2.13 bits per heavy atom. The van der Waals surface area contributed by atoms with E-state index in [-0.39, 0.29) is 11.9 Å². The number of rotatable bonds is 4. The number of nitrogens with two attached hydrogens (primary N) is 1. The van der Waals surface area contributed by atoms with E-state index in [0.717, 1.165) is 17.7 Å². The first kappa shape index (κ1) is 12.1. The van der Waals surface area contributed by atoms with Crippen LogP contribution in [0.3, 0.4) is 0 Å². The van der Waals surface area contributed by atoms with Crippen molar-refractivity contribution in [2.24, 2.45) is 5.84 Å². The number of halogens is 1. The van der Waals surface area contributed by atoms with Crippen LogP contribution in [0, 0.1) is 12.7 Å². The lowest BCUT2D eigenvalue weighted by Gasteiger charge is -2.22. The summed E-state index contributed by atoms with van der Waals surface area (Å²) in [6, 6.07) is 4.71. The fourth-order valence-corrected chi connectivity index (χ4v) is 1.59. The van der Waals surface area contributed by atoms with Crippen LogP contribution in [0.5, 0.6) is 0 Å². The van der Waals surface area contributed by atoms with E-state index >= 15 is 0 Å². The number of hydrogen-bond acceptors (Lipinski definition) is 3. The van der Waals surface area contributed by atoms with E-state index in [1.165, 1.54) is 12.1 Å². The van der Waals surface area contributed by atoms with Crippen LogP contribution in [0.15, 0.2) is 18.2 Å². The molecular weight excluding hydrogens is 193 g/mol. The molecule has 0 aliphatic rings. The molecule has 3 N–H and O–H groups in total. The molecular formula is C11H18FN3. The number of aryl methyl sites for hydroxylation is 1. The van der Waals surface area contributed by atoms with Gasteiger partial charge in [0.1, 0.15) is 5.82 Å². The lowest BCUT2D eigenvalue weighted by molar-refractivity contribution is 0.343. The maximum Gasteiger partial charge on any atom is 0.123 e. The second kappa shape index (κ2) is 5.21. The molecule has 1 atom stereocenters. The van der Waals surface area contributed by atoms with Crippen molar-refractivity contribution in [3.8, 4) is 0 Å². The van der Waals surface area contributed by atoms with Gasteiger partial charge in [0.25, 0.3) is 0 Å². The molecule has 15 heavy (non-hydrogen) atoms. The number of nitrogens with one attached hydrogen (secondary N) is 1. The van der Waals surface area contributed by atoms with E-state index in [4.69, 9.17) is 5.84 Å². The summed E-state index contributed by atoms with van der Waals surface area (Å²) in [6.07, 6.45) is 0. The van der Waals surface area contributed by atoms with E-state index < -0.39 is 0 Å². The normalized spacial score (nSPS) is 13.2. The zero-order valence-electron chi connectivity index (χ0n) is 9.42. The second-order valence-corrected chi connectivity index (χ2v) is 3.98. The zero-order chi connectivity index (χ0) is 11.4. The van der Waals surface area contributed by atoms with Gasteiger partial charge in [-0.15, -0.1) is 0 Å². The van der Waals surface area contributed by atoms with Crippen molar-refractivity contribution in [1.82, 2.24) is 10.3 Å². The van der Waals surface area contributed by atoms with Gasteiger partial charge in [0.15, 0.2) is 0 Å². The van der Waals surface area contributed by atoms with Gasteiger partial charge in [-0.3, -0.25) is 11.3 Å². The fourth-order valence-electron chi connectivity index (χ4n) is 1.59. The molecule has 0 fully saturated rings. The van der Waals surface area contributed by atoms with Crippen molar-refractivity contribution in [2.75, 3.05) is 20.6 Å². The van der Waals surface area contributed by atoms with E-state index in [9.17, 15) is 4.39 Å². The number of likely N-dealkylation sites (N-methyl/N-ethyl adjacent to an activating group) is 1. The van der Waals surface area contributed by atoms with Crippen molar-refractivity contribution in [2.45, 2.75) is 13.0 Å². The van der Waals surface area contributed by atoms with Gasteiger partial charge in [-0.2, -0.15) is 0 Å². The van der Waals surface area contributed by atoms with Gasteiger partial charge in [-0.25, -0.2) is 4.39 Å². The molecule has 0 amide bonds. The number of benzene rings is 1. The number of hydrazine groups is 1. The summed E-state index contributed by atoms with van der Waals surface area (Å²) in [4.78, 5) is 2.01. The quantitative estimate of drug-likeness (QED) is 0.581. The van der Waals surface area contributed by atoms with Gasteiger partial charge < -0.3 is 4.90 Å². The van der Waals surface area contributed by atoms with Gasteiger partial charge >= 0.3 is 0 Å². The van der Waals surface area contributed by atoms with Crippen molar-refractivity contribution < 1.29 is 4.39 Å². The highest BCUT2D eigenvalue weighted by molar-refractivity contribution is 5.29. The third kappa shape index (κ3) is 3.27. The summed E-state index contributed by atoms with van der Waals surface area (Å²) in [5, 5.41) is 0. The van der Waals surface area contributed by atoms with Gasteiger partial charge in [0, 0.05) is 6.54 Å². The zero-order valence-corrected chi connectivity index (χ0v) is 9.42. The van der Waals surface area contributed by atoms with Crippen LogP contribution in [-0.4, -0.2) is 25.5 Å². The summed E-state index contributed by atoms with van der Waals surface area (Å²) < 4.78 is 13.1. The van der Waals surface area contributed by atoms with Crippen molar-refractivity contribution >= 4 is 0 Å². The molecule has 0 bridgehead atoms. The second-order valence-electron chi connectivity index (χ2n) is 3.98. The topological polar surface area (TPSA) is 41.3 Å². The van der Waals surface area contributed by atoms with Crippen LogP contribution in [0.2, 0.25) is 0 Å². The number of nitrogens with zero attached hydrogens (tertiary/aromatic N) is 1. The maximum absolute atomic E-state index is 13.1. The fraction of sp³-hybridized carbons (Fsp3) is 0.455. The third-order valence-electron chi connectivity index (χ3n) is 2.37. The van der Waals surface area contributed by atoms with Gasteiger partial charge in [-0.1, -0.05) is 6.07 Å². The highest BCUT2D eigenvalue weighted by Crippen LogP contribution is 2.18. The minimum atomic E-state index is -0.227. The Morgan fingerprint density at radius 3 is 2.67 bits per heavy atom. The molecule has 0 aromatic heterocycles. The van der Waals surface area contributed by atoms with Crippen LogP contribution < -0.4 is 11.3 Å². The Bertz CT molecular complexity index is 326. The largest absolute Gasteiger partial charge is 0.307 e. The van der Waals surface area contributed by atoms with Crippen LogP contribution in [0.1, 0.15) is 17.2 Å². The standard InChI is InChI=1S/C11H18FN3/c1-8-4-5-9(12)6-10(8)11(14-13)7-15(2)3/h4-6,11,14H,7,13H2,1-3H3. The van der Waals surface area contributed by atoms with E-state index in [2.05, 4.69) is 5.43 Å². The summed E-state index contributed by atoms with van der Waals surface area (Å²) in [5.41, 5.74) is 4.66. The molecule has 0 aliphatic heterocycles. The van der Waals surface area contributed by atoms with Crippen LogP contribution in [0.25, 0.3) is 0 Å². The molecule has 1 unspecified atom stereocenters. The molecule has 3 nitrogen and oxygen atoms in total. The predicted molar refractivity (Wildman–Crippen MR) is 59.8 cm³/mol. The SMILES string of the molecule is Cc1ccc(F)cc1C(CN(C)C)NN. The van der Waals surface area contributed by atoms with Gasteiger partial charge in [0.05, 0.1) is 6.04 Å². The van der Waals surface area contributed by atoms with Gasteiger partial charge in [0.2, 0.25) is 0 Å². The predicted octanol–water partition coefficient (Wildman–Crippen LogP) is 1.20. The molecule has 0 radical (unpaired) electrons. The molecule has 0 saturated heterocycles. The summed E-state index contributed by atoms with van der Waals surface area (Å²) >= 11 is 0. The highest BCUT2D eigenvalue weighted by atomic mass is 19.1. The molecule has 0 saturated carbocycles. The molecule has 0 spiro atoms. The van der Waals surface area contributed by atoms with Gasteiger partial charge in [-0.05, 0) is 44.3 Å². The Kier molecular flexibility index (Phi) is 4.20. The molecule has 4 heteroatoms. The lowest BCUT2D eigenvalue weighted by Crippen LogP contribution is -2.35. The number of hydrogen-bond donors (Lipinski definition) is 2. The van der Waals surface area contributed by atoms with E-state index in [1.807, 2.05) is 25.9 Å². The Morgan fingerprint density at radius 1 is 1.47 bits per heavy atom. The lowest BCUT2D eigenvalue weighted by atomic mass is 10.0. The van der Waals surface area contributed by atoms with Crippen LogP contribution in [-0.2, 0) is 0 Å². The first-order chi connectivity index (χ1) is 7.04. The molecule has 1 rings (SSSR count). The molecule has 0 aliphatic carbocycles. The first-order valence-electron chi connectivity index (χ1n) is 4.91. The van der Waals surface area contributed by atoms with Crippen molar-refractivity contribution in [1.29, 1.82) is 0 Å². The molecule has 1 aromatic rings. The average molecular weight is 211 g/mol. The summed E-state index contributed by atoms with van der Waals surface area (Å²) in [5.74, 6) is 5.25. The minimum absolute atomic E-state index is 0.0456. The van der Waals surface area contributed by atoms with Crippen LogP contribution >= 0.6 is 0 Å². The first-order valence-corrected chi connectivity index (χ1v) is 4.91. The third-order valence-corrected chi connectivity index (χ3v) is 2.37. The Balaban J connectivity index is 2.95. The molecule has 1 aromatic carbocycles. The van der Waals surface area contributed by atoms with Crippen molar-refractivity contribution in [3.05, 3.63) is 35.1 Å². The maximum atomic E-state index is 13.1. The van der Waals surface area contributed by atoms with Crippen molar-refractivity contribution in [3.63, 3.8) is 0 Å². The van der Waals surface area contributed by atoms with Crippen LogP contribution in [0.4, 0.5) is 4.39 Å².